The molecular weight excluding hydrogens is 433 g/mol. The molecule has 0 unspecified atom stereocenters. The van der Waals surface area contributed by atoms with Crippen molar-refractivity contribution in [2.24, 2.45) is 5.92 Å². The van der Waals surface area contributed by atoms with Crippen molar-refractivity contribution in [3.63, 3.8) is 0 Å². The van der Waals surface area contributed by atoms with Crippen molar-refractivity contribution in [2.45, 2.75) is 49.3 Å². The molecule has 2 saturated heterocycles. The van der Waals surface area contributed by atoms with Gasteiger partial charge in [-0.05, 0) is 31.0 Å². The number of hydrogen-bond acceptors (Lipinski definition) is 5. The minimum Gasteiger partial charge on any atom is -0.273 e. The molecule has 0 radical (unpaired) electrons. The van der Waals surface area contributed by atoms with Crippen LogP contribution in [0, 0.1) is 5.92 Å². The molecule has 3 rings (SSSR count). The molecule has 0 aliphatic carbocycles. The average molecular weight is 454 g/mol. The van der Waals surface area contributed by atoms with Crippen LogP contribution in [0.5, 0.6) is 0 Å². The standard InChI is InChI=1S/C17H21F3N2O5S2/c1-3-5-13-15-14(22(16(13)23)28(2,24)25)8-9-21(15)29(26,27)12-7-4-6-11(10-12)17(18,19)20/h4,6-7,10,13-15H,3,5,8-9H2,1-2H3/t13-,14+,15-/m1/s1. The van der Waals surface area contributed by atoms with Crippen LogP contribution < -0.4 is 0 Å². The van der Waals surface area contributed by atoms with E-state index in [0.29, 0.717) is 12.5 Å². The van der Waals surface area contributed by atoms with E-state index in [9.17, 15) is 34.8 Å². The fraction of sp³-hybridized carbons (Fsp3) is 0.588. The molecule has 2 aliphatic rings. The molecular formula is C17H21F3N2O5S2. The first-order chi connectivity index (χ1) is 13.3. The van der Waals surface area contributed by atoms with E-state index in [1.807, 2.05) is 0 Å². The lowest BCUT2D eigenvalue weighted by Gasteiger charge is -2.27. The van der Waals surface area contributed by atoms with E-state index in [0.717, 1.165) is 33.1 Å². The highest BCUT2D eigenvalue weighted by Crippen LogP contribution is 2.42. The molecule has 2 heterocycles. The van der Waals surface area contributed by atoms with Crippen molar-refractivity contribution in [1.29, 1.82) is 0 Å². The normalized spacial score (nSPS) is 26.2. The molecule has 1 amide bonds. The summed E-state index contributed by atoms with van der Waals surface area (Å²) in [5.74, 6) is -1.52. The number of rotatable bonds is 5. The van der Waals surface area contributed by atoms with Crippen LogP contribution in [0.25, 0.3) is 0 Å². The molecule has 1 aromatic rings. The Kier molecular flexibility index (Phi) is 5.50. The maximum absolute atomic E-state index is 13.1. The van der Waals surface area contributed by atoms with Gasteiger partial charge in [0.25, 0.3) is 0 Å². The summed E-state index contributed by atoms with van der Waals surface area (Å²) >= 11 is 0. The van der Waals surface area contributed by atoms with Crippen LogP contribution in [-0.4, -0.2) is 56.2 Å². The molecule has 1 aromatic carbocycles. The first-order valence-electron chi connectivity index (χ1n) is 9.02. The fourth-order valence-corrected chi connectivity index (χ4v) is 7.17. The quantitative estimate of drug-likeness (QED) is 0.679. The van der Waals surface area contributed by atoms with Crippen LogP contribution in [0.2, 0.25) is 0 Å². The average Bonchev–Trinajstić information content (AvgIpc) is 3.13. The van der Waals surface area contributed by atoms with Gasteiger partial charge in [0.05, 0.1) is 34.7 Å². The molecule has 0 spiro atoms. The van der Waals surface area contributed by atoms with E-state index in [1.165, 1.54) is 0 Å². The summed E-state index contributed by atoms with van der Waals surface area (Å²) < 4.78 is 91.4. The maximum atomic E-state index is 13.1. The third-order valence-corrected chi connectivity index (χ3v) is 8.40. The van der Waals surface area contributed by atoms with E-state index in [4.69, 9.17) is 0 Å². The molecule has 0 bridgehead atoms. The summed E-state index contributed by atoms with van der Waals surface area (Å²) in [5, 5.41) is 0. The zero-order valence-corrected chi connectivity index (χ0v) is 17.4. The van der Waals surface area contributed by atoms with Crippen LogP contribution in [0.4, 0.5) is 13.2 Å². The van der Waals surface area contributed by atoms with Gasteiger partial charge >= 0.3 is 6.18 Å². The van der Waals surface area contributed by atoms with E-state index in [2.05, 4.69) is 0 Å². The van der Waals surface area contributed by atoms with E-state index in [1.54, 1.807) is 6.92 Å². The van der Waals surface area contributed by atoms with Gasteiger partial charge in [-0.3, -0.25) is 4.79 Å². The zero-order chi connectivity index (χ0) is 21.8. The number of nitrogens with zero attached hydrogens (tertiary/aromatic N) is 2. The molecule has 2 fully saturated rings. The molecule has 12 heteroatoms. The molecule has 3 atom stereocenters. The third kappa shape index (κ3) is 3.77. The number of halogens is 3. The van der Waals surface area contributed by atoms with Gasteiger partial charge in [0.1, 0.15) is 0 Å². The summed E-state index contributed by atoms with van der Waals surface area (Å²) in [6, 6.07) is 1.62. The van der Waals surface area contributed by atoms with Crippen molar-refractivity contribution < 1.29 is 34.8 Å². The Hall–Kier alpha value is -1.66. The van der Waals surface area contributed by atoms with Gasteiger partial charge in [-0.2, -0.15) is 17.5 Å². The second-order valence-electron chi connectivity index (χ2n) is 7.28. The molecule has 29 heavy (non-hydrogen) atoms. The monoisotopic (exact) mass is 454 g/mol. The Morgan fingerprint density at radius 3 is 2.38 bits per heavy atom. The van der Waals surface area contributed by atoms with Crippen LogP contribution in [0.15, 0.2) is 29.2 Å². The summed E-state index contributed by atoms with van der Waals surface area (Å²) in [6.45, 7) is 1.71. The maximum Gasteiger partial charge on any atom is 0.416 e. The van der Waals surface area contributed by atoms with Crippen molar-refractivity contribution in [3.05, 3.63) is 29.8 Å². The van der Waals surface area contributed by atoms with E-state index in [-0.39, 0.29) is 19.4 Å². The summed E-state index contributed by atoms with van der Waals surface area (Å²) in [4.78, 5) is 12.2. The summed E-state index contributed by atoms with van der Waals surface area (Å²) in [7, 11) is -8.26. The van der Waals surface area contributed by atoms with Gasteiger partial charge in [-0.15, -0.1) is 0 Å². The number of fused-ring (bicyclic) bond motifs is 1. The van der Waals surface area contributed by atoms with Crippen LogP contribution in [0.3, 0.4) is 0 Å². The molecule has 7 nitrogen and oxygen atoms in total. The lowest BCUT2D eigenvalue weighted by atomic mass is 9.95. The topological polar surface area (TPSA) is 91.8 Å². The Bertz CT molecular complexity index is 1020. The second kappa shape index (κ2) is 7.24. The largest absolute Gasteiger partial charge is 0.416 e. The highest BCUT2D eigenvalue weighted by atomic mass is 32.2. The summed E-state index contributed by atoms with van der Waals surface area (Å²) in [6.07, 6.45) is -2.92. The minimum atomic E-state index is -4.71. The van der Waals surface area contributed by atoms with Crippen molar-refractivity contribution in [3.8, 4) is 0 Å². The Morgan fingerprint density at radius 2 is 1.83 bits per heavy atom. The Balaban J connectivity index is 2.05. The first kappa shape index (κ1) is 22.0. The number of alkyl halides is 3. The second-order valence-corrected chi connectivity index (χ2v) is 11.0. The van der Waals surface area contributed by atoms with E-state index >= 15 is 0 Å². The highest BCUT2D eigenvalue weighted by molar-refractivity contribution is 7.89. The number of sulfonamides is 2. The molecule has 0 aromatic heterocycles. The number of benzene rings is 1. The van der Waals surface area contributed by atoms with Crippen molar-refractivity contribution in [2.75, 3.05) is 12.8 Å². The van der Waals surface area contributed by atoms with Gasteiger partial charge < -0.3 is 0 Å². The third-order valence-electron chi connectivity index (χ3n) is 5.34. The van der Waals surface area contributed by atoms with Crippen molar-refractivity contribution in [1.82, 2.24) is 8.61 Å². The van der Waals surface area contributed by atoms with E-state index < -0.39 is 60.6 Å². The molecule has 162 valence electrons. The number of carbonyl (C=O) groups is 1. The van der Waals surface area contributed by atoms with Gasteiger partial charge in [0, 0.05) is 6.54 Å². The lowest BCUT2D eigenvalue weighted by Crippen LogP contribution is -2.43. The van der Waals surface area contributed by atoms with Crippen LogP contribution in [0.1, 0.15) is 31.7 Å². The van der Waals surface area contributed by atoms with Gasteiger partial charge in [-0.1, -0.05) is 19.4 Å². The number of amides is 1. The summed E-state index contributed by atoms with van der Waals surface area (Å²) in [5.41, 5.74) is -1.10. The highest BCUT2D eigenvalue weighted by Gasteiger charge is 2.58. The smallest absolute Gasteiger partial charge is 0.273 e. The minimum absolute atomic E-state index is 0.0760. The van der Waals surface area contributed by atoms with Gasteiger partial charge in [0.2, 0.25) is 26.0 Å². The molecule has 0 saturated carbocycles. The zero-order valence-electron chi connectivity index (χ0n) is 15.8. The number of hydrogen-bond donors (Lipinski definition) is 0. The Labute approximate surface area is 167 Å². The Morgan fingerprint density at radius 1 is 1.17 bits per heavy atom. The predicted molar refractivity (Wildman–Crippen MR) is 97.6 cm³/mol. The van der Waals surface area contributed by atoms with Crippen LogP contribution >= 0.6 is 0 Å². The van der Waals surface area contributed by atoms with Gasteiger partial charge in [0.15, 0.2) is 0 Å². The lowest BCUT2D eigenvalue weighted by molar-refractivity contribution is -0.137. The number of carbonyl (C=O) groups excluding carboxylic acids is 1. The predicted octanol–water partition coefficient (Wildman–Crippen LogP) is 2.06. The fourth-order valence-electron chi connectivity index (χ4n) is 4.23. The molecule has 2 aliphatic heterocycles. The van der Waals surface area contributed by atoms with Crippen molar-refractivity contribution >= 4 is 26.0 Å². The molecule has 0 N–H and O–H groups in total. The van der Waals surface area contributed by atoms with Crippen LogP contribution in [-0.2, 0) is 31.0 Å². The first-order valence-corrected chi connectivity index (χ1v) is 12.3. The SMILES string of the molecule is CCC[C@H]1C(=O)N(S(C)(=O)=O)[C@H]2CCN(S(=O)(=O)c3cccc(C(F)(F)F)c3)[C@H]12. The van der Waals surface area contributed by atoms with Gasteiger partial charge in [-0.25, -0.2) is 21.1 Å².